The van der Waals surface area contributed by atoms with Gasteiger partial charge >= 0.3 is 0 Å². The van der Waals surface area contributed by atoms with Crippen molar-refractivity contribution >= 4 is 30.3 Å². The van der Waals surface area contributed by atoms with Crippen molar-refractivity contribution in [2.75, 3.05) is 18.1 Å². The molecule has 1 atom stereocenters. The molecule has 0 spiro atoms. The summed E-state index contributed by atoms with van der Waals surface area (Å²) in [5.41, 5.74) is 1.07. The lowest BCUT2D eigenvalue weighted by molar-refractivity contribution is -0.131. The molecule has 0 bridgehead atoms. The second-order valence-electron chi connectivity index (χ2n) is 4.35. The summed E-state index contributed by atoms with van der Waals surface area (Å²) < 4.78 is 0. The molecule has 2 nitrogen and oxygen atoms in total. The predicted molar refractivity (Wildman–Crippen MR) is 75.9 cm³/mol. The van der Waals surface area contributed by atoms with E-state index in [0.717, 1.165) is 28.5 Å². The molecule has 0 saturated carbocycles. The smallest absolute Gasteiger partial charge is 0.227 e. The summed E-state index contributed by atoms with van der Waals surface area (Å²) in [5, 5.41) is 0. The first-order chi connectivity index (χ1) is 8.16. The normalized spacial score (nSPS) is 20.4. The lowest BCUT2D eigenvalue weighted by Crippen LogP contribution is -2.45. The molecule has 1 heterocycles. The van der Waals surface area contributed by atoms with Gasteiger partial charge < -0.3 is 4.90 Å². The maximum absolute atomic E-state index is 12.2. The molecule has 0 radical (unpaired) electrons. The summed E-state index contributed by atoms with van der Waals surface area (Å²) in [6.45, 7) is 3.01. The molecule has 0 aromatic heterocycles. The Bertz CT molecular complexity index is 391. The fourth-order valence-electron chi connectivity index (χ4n) is 1.99. The summed E-state index contributed by atoms with van der Waals surface area (Å²) in [7, 11) is 0. The number of thiol groups is 1. The minimum absolute atomic E-state index is 0.240. The Balaban J connectivity index is 1.98. The zero-order chi connectivity index (χ0) is 12.3. The average Bonchev–Trinajstić information content (AvgIpc) is 2.32. The van der Waals surface area contributed by atoms with E-state index in [1.165, 1.54) is 0 Å². The van der Waals surface area contributed by atoms with E-state index < -0.39 is 0 Å². The zero-order valence-corrected chi connectivity index (χ0v) is 11.6. The number of thioether (sulfide) groups is 1. The first-order valence-electron chi connectivity index (χ1n) is 5.82. The standard InChI is InChI=1S/C13H17NOS2/c1-10-9-17-7-6-14(10)13(15)8-11-2-4-12(16)5-3-11/h2-5,10,16H,6-9H2,1H3. The van der Waals surface area contributed by atoms with E-state index in [1.807, 2.05) is 40.9 Å². The van der Waals surface area contributed by atoms with Crippen molar-refractivity contribution in [2.45, 2.75) is 24.3 Å². The zero-order valence-electron chi connectivity index (χ0n) is 9.93. The number of carbonyl (C=O) groups excluding carboxylic acids is 1. The monoisotopic (exact) mass is 267 g/mol. The van der Waals surface area contributed by atoms with Gasteiger partial charge in [-0.2, -0.15) is 11.8 Å². The van der Waals surface area contributed by atoms with Crippen LogP contribution in [-0.2, 0) is 11.2 Å². The van der Waals surface area contributed by atoms with Crippen LogP contribution in [0.15, 0.2) is 29.2 Å². The van der Waals surface area contributed by atoms with Crippen LogP contribution in [0.25, 0.3) is 0 Å². The van der Waals surface area contributed by atoms with Crippen LogP contribution in [0.2, 0.25) is 0 Å². The van der Waals surface area contributed by atoms with Crippen LogP contribution in [0.1, 0.15) is 12.5 Å². The van der Waals surface area contributed by atoms with Gasteiger partial charge in [0.05, 0.1) is 6.42 Å². The van der Waals surface area contributed by atoms with Gasteiger partial charge in [0.25, 0.3) is 0 Å². The summed E-state index contributed by atoms with van der Waals surface area (Å²) in [5.74, 6) is 2.36. The molecule has 1 aliphatic rings. The predicted octanol–water partition coefficient (Wildman–Crippen LogP) is 2.48. The molecular weight excluding hydrogens is 250 g/mol. The van der Waals surface area contributed by atoms with Gasteiger partial charge in [0, 0.05) is 29.0 Å². The Labute approximate surface area is 112 Å². The molecule has 17 heavy (non-hydrogen) atoms. The first-order valence-corrected chi connectivity index (χ1v) is 7.42. The SMILES string of the molecule is CC1CSCCN1C(=O)Cc1ccc(S)cc1. The highest BCUT2D eigenvalue weighted by Gasteiger charge is 2.23. The van der Waals surface area contributed by atoms with Crippen LogP contribution in [0.5, 0.6) is 0 Å². The first kappa shape index (κ1) is 12.8. The van der Waals surface area contributed by atoms with E-state index in [0.29, 0.717) is 12.5 Å². The van der Waals surface area contributed by atoms with E-state index in [-0.39, 0.29) is 5.91 Å². The summed E-state index contributed by atoms with van der Waals surface area (Å²) in [6, 6.07) is 8.18. The Morgan fingerprint density at radius 1 is 1.47 bits per heavy atom. The Hall–Kier alpha value is -0.610. The van der Waals surface area contributed by atoms with E-state index in [1.54, 1.807) is 0 Å². The van der Waals surface area contributed by atoms with Crippen molar-refractivity contribution in [3.8, 4) is 0 Å². The van der Waals surface area contributed by atoms with Gasteiger partial charge in [-0.15, -0.1) is 12.6 Å². The third kappa shape index (κ3) is 3.42. The fraction of sp³-hybridized carbons (Fsp3) is 0.462. The molecule has 1 fully saturated rings. The van der Waals surface area contributed by atoms with Crippen LogP contribution in [-0.4, -0.2) is 34.9 Å². The molecule has 0 N–H and O–H groups in total. The van der Waals surface area contributed by atoms with E-state index in [2.05, 4.69) is 19.6 Å². The summed E-state index contributed by atoms with van der Waals surface area (Å²) in [4.78, 5) is 15.1. The van der Waals surface area contributed by atoms with Gasteiger partial charge in [-0.25, -0.2) is 0 Å². The molecule has 1 unspecified atom stereocenters. The van der Waals surface area contributed by atoms with Crippen molar-refractivity contribution in [2.24, 2.45) is 0 Å². The molecule has 92 valence electrons. The van der Waals surface area contributed by atoms with Gasteiger partial charge in [0.1, 0.15) is 0 Å². The summed E-state index contributed by atoms with van der Waals surface area (Å²) >= 11 is 6.17. The molecule has 1 saturated heterocycles. The van der Waals surface area contributed by atoms with Gasteiger partial charge in [-0.1, -0.05) is 12.1 Å². The third-order valence-corrected chi connectivity index (χ3v) is 4.47. The molecule has 0 aliphatic carbocycles. The second-order valence-corrected chi connectivity index (χ2v) is 6.02. The topological polar surface area (TPSA) is 20.3 Å². The summed E-state index contributed by atoms with van der Waals surface area (Å²) in [6.07, 6.45) is 0.503. The minimum atomic E-state index is 0.240. The lowest BCUT2D eigenvalue weighted by Gasteiger charge is -2.33. The number of hydrogen-bond donors (Lipinski definition) is 1. The molecule has 1 aromatic rings. The molecular formula is C13H17NOS2. The van der Waals surface area contributed by atoms with E-state index in [4.69, 9.17) is 0 Å². The maximum atomic E-state index is 12.2. The van der Waals surface area contributed by atoms with Gasteiger partial charge in [0.15, 0.2) is 0 Å². The van der Waals surface area contributed by atoms with Crippen LogP contribution in [0, 0.1) is 0 Å². The van der Waals surface area contributed by atoms with Crippen molar-refractivity contribution in [1.29, 1.82) is 0 Å². The van der Waals surface area contributed by atoms with Gasteiger partial charge in [0.2, 0.25) is 5.91 Å². The number of benzene rings is 1. The fourth-order valence-corrected chi connectivity index (χ4v) is 3.15. The highest BCUT2D eigenvalue weighted by atomic mass is 32.2. The Morgan fingerprint density at radius 2 is 2.18 bits per heavy atom. The number of hydrogen-bond acceptors (Lipinski definition) is 3. The quantitative estimate of drug-likeness (QED) is 0.831. The van der Waals surface area contributed by atoms with E-state index in [9.17, 15) is 4.79 Å². The maximum Gasteiger partial charge on any atom is 0.227 e. The van der Waals surface area contributed by atoms with Crippen LogP contribution in [0.4, 0.5) is 0 Å². The number of nitrogens with zero attached hydrogens (tertiary/aromatic N) is 1. The van der Waals surface area contributed by atoms with Crippen LogP contribution >= 0.6 is 24.4 Å². The Morgan fingerprint density at radius 3 is 2.82 bits per heavy atom. The molecule has 1 aromatic carbocycles. The average molecular weight is 267 g/mol. The highest BCUT2D eigenvalue weighted by Crippen LogP contribution is 2.17. The molecule has 1 amide bonds. The lowest BCUT2D eigenvalue weighted by atomic mass is 10.1. The third-order valence-electron chi connectivity index (χ3n) is 2.98. The van der Waals surface area contributed by atoms with Gasteiger partial charge in [-0.05, 0) is 24.6 Å². The van der Waals surface area contributed by atoms with Crippen molar-refractivity contribution in [1.82, 2.24) is 4.90 Å². The molecule has 4 heteroatoms. The number of rotatable bonds is 2. The van der Waals surface area contributed by atoms with Crippen molar-refractivity contribution < 1.29 is 4.79 Å². The highest BCUT2D eigenvalue weighted by molar-refractivity contribution is 7.99. The van der Waals surface area contributed by atoms with Gasteiger partial charge in [-0.3, -0.25) is 4.79 Å². The number of amides is 1. The van der Waals surface area contributed by atoms with Crippen LogP contribution < -0.4 is 0 Å². The second kappa shape index (κ2) is 5.83. The van der Waals surface area contributed by atoms with Crippen molar-refractivity contribution in [3.63, 3.8) is 0 Å². The van der Waals surface area contributed by atoms with Crippen molar-refractivity contribution in [3.05, 3.63) is 29.8 Å². The largest absolute Gasteiger partial charge is 0.338 e. The Kier molecular flexibility index (Phi) is 4.40. The molecule has 2 rings (SSSR count). The number of carbonyl (C=O) groups is 1. The van der Waals surface area contributed by atoms with Crippen LogP contribution in [0.3, 0.4) is 0 Å². The minimum Gasteiger partial charge on any atom is -0.338 e. The van der Waals surface area contributed by atoms with E-state index >= 15 is 0 Å². The molecule has 1 aliphatic heterocycles.